The lowest BCUT2D eigenvalue weighted by atomic mass is 10.1. The van der Waals surface area contributed by atoms with Crippen LogP contribution in [-0.2, 0) is 16.0 Å². The Morgan fingerprint density at radius 2 is 2.11 bits per heavy atom. The summed E-state index contributed by atoms with van der Waals surface area (Å²) < 4.78 is 0. The molecule has 19 heavy (non-hydrogen) atoms. The number of amides is 2. The highest BCUT2D eigenvalue weighted by atomic mass is 35.5. The minimum absolute atomic E-state index is 0.0737. The molecule has 102 valence electrons. The predicted octanol–water partition coefficient (Wildman–Crippen LogP) is 1.88. The Bertz CT molecular complexity index is 505. The smallest absolute Gasteiger partial charge is 0.239 e. The lowest BCUT2D eigenvalue weighted by molar-refractivity contribution is -0.134. The Kier molecular flexibility index (Phi) is 4.66. The van der Waals surface area contributed by atoms with Crippen LogP contribution in [0, 0.1) is 0 Å². The van der Waals surface area contributed by atoms with Crippen LogP contribution in [0.25, 0.3) is 0 Å². The average molecular weight is 301 g/mol. The van der Waals surface area contributed by atoms with Gasteiger partial charge < -0.3 is 10.2 Å². The second kappa shape index (κ2) is 6.26. The van der Waals surface area contributed by atoms with Gasteiger partial charge in [0, 0.05) is 13.1 Å². The van der Waals surface area contributed by atoms with Gasteiger partial charge in [-0.3, -0.25) is 9.59 Å². The third-order valence-corrected chi connectivity index (χ3v) is 3.69. The molecule has 2 rings (SSSR count). The van der Waals surface area contributed by atoms with Crippen molar-refractivity contribution in [2.45, 2.75) is 12.8 Å². The number of halogens is 2. The van der Waals surface area contributed by atoms with E-state index in [4.69, 9.17) is 23.2 Å². The van der Waals surface area contributed by atoms with Crippen LogP contribution in [0.3, 0.4) is 0 Å². The molecule has 1 fully saturated rings. The maximum atomic E-state index is 12.1. The molecule has 0 bridgehead atoms. The van der Waals surface area contributed by atoms with E-state index in [1.807, 2.05) is 0 Å². The van der Waals surface area contributed by atoms with Crippen molar-refractivity contribution in [1.29, 1.82) is 0 Å². The fourth-order valence-corrected chi connectivity index (χ4v) is 2.28. The summed E-state index contributed by atoms with van der Waals surface area (Å²) in [6, 6.07) is 5.12. The van der Waals surface area contributed by atoms with Crippen molar-refractivity contribution in [3.8, 4) is 0 Å². The van der Waals surface area contributed by atoms with Crippen LogP contribution in [0.5, 0.6) is 0 Å². The predicted molar refractivity (Wildman–Crippen MR) is 74.4 cm³/mol. The number of carbonyl (C=O) groups is 2. The maximum Gasteiger partial charge on any atom is 0.239 e. The number of rotatable bonds is 2. The van der Waals surface area contributed by atoms with Crippen LogP contribution in [0.2, 0.25) is 10.0 Å². The number of nitrogens with one attached hydrogen (secondary N) is 1. The first-order valence-corrected chi connectivity index (χ1v) is 6.80. The molecule has 4 nitrogen and oxygen atoms in total. The topological polar surface area (TPSA) is 49.4 Å². The first-order valence-electron chi connectivity index (χ1n) is 6.04. The SMILES string of the molecule is O=C1CN(C(=O)Cc2ccc(Cl)c(Cl)c2)CCCN1. The van der Waals surface area contributed by atoms with Crippen molar-refractivity contribution in [3.05, 3.63) is 33.8 Å². The van der Waals surface area contributed by atoms with E-state index in [1.165, 1.54) is 0 Å². The molecule has 1 saturated heterocycles. The lowest BCUT2D eigenvalue weighted by Gasteiger charge is -2.19. The summed E-state index contributed by atoms with van der Waals surface area (Å²) in [4.78, 5) is 25.1. The van der Waals surface area contributed by atoms with Crippen LogP contribution >= 0.6 is 23.2 Å². The van der Waals surface area contributed by atoms with E-state index < -0.39 is 0 Å². The van der Waals surface area contributed by atoms with Crippen LogP contribution in [0.4, 0.5) is 0 Å². The van der Waals surface area contributed by atoms with Gasteiger partial charge in [-0.15, -0.1) is 0 Å². The summed E-state index contributed by atoms with van der Waals surface area (Å²) in [7, 11) is 0. The molecule has 0 radical (unpaired) electrons. The molecule has 2 amide bonds. The summed E-state index contributed by atoms with van der Waals surface area (Å²) in [5.41, 5.74) is 0.795. The second-order valence-corrected chi connectivity index (χ2v) is 5.26. The van der Waals surface area contributed by atoms with Crippen molar-refractivity contribution in [2.24, 2.45) is 0 Å². The minimum Gasteiger partial charge on any atom is -0.354 e. The Balaban J connectivity index is 2.03. The van der Waals surface area contributed by atoms with E-state index in [0.717, 1.165) is 12.0 Å². The zero-order valence-electron chi connectivity index (χ0n) is 10.3. The molecule has 1 aliphatic rings. The van der Waals surface area contributed by atoms with Gasteiger partial charge in [-0.25, -0.2) is 0 Å². The van der Waals surface area contributed by atoms with Crippen LogP contribution in [0.15, 0.2) is 18.2 Å². The largest absolute Gasteiger partial charge is 0.354 e. The van der Waals surface area contributed by atoms with E-state index in [9.17, 15) is 9.59 Å². The van der Waals surface area contributed by atoms with E-state index in [2.05, 4.69) is 5.32 Å². The van der Waals surface area contributed by atoms with Gasteiger partial charge in [-0.1, -0.05) is 29.3 Å². The molecule has 0 aliphatic carbocycles. The highest BCUT2D eigenvalue weighted by Crippen LogP contribution is 2.23. The molecule has 0 saturated carbocycles. The number of nitrogens with zero attached hydrogens (tertiary/aromatic N) is 1. The van der Waals surface area contributed by atoms with Crippen LogP contribution < -0.4 is 5.32 Å². The first-order chi connectivity index (χ1) is 9.06. The van der Waals surface area contributed by atoms with Gasteiger partial charge in [-0.05, 0) is 24.1 Å². The third-order valence-electron chi connectivity index (χ3n) is 2.95. The van der Waals surface area contributed by atoms with E-state index in [1.54, 1.807) is 23.1 Å². The summed E-state index contributed by atoms with van der Waals surface area (Å²) in [6.07, 6.45) is 1.00. The standard InChI is InChI=1S/C13H14Cl2N2O2/c14-10-3-2-9(6-11(10)15)7-13(19)17-5-1-4-16-12(18)8-17/h2-3,6H,1,4-5,7-8H2,(H,16,18). The van der Waals surface area contributed by atoms with Gasteiger partial charge in [0.2, 0.25) is 11.8 Å². The molecule has 1 N–H and O–H groups in total. The second-order valence-electron chi connectivity index (χ2n) is 4.44. The van der Waals surface area contributed by atoms with Crippen molar-refractivity contribution in [2.75, 3.05) is 19.6 Å². The molecule has 1 aliphatic heterocycles. The van der Waals surface area contributed by atoms with Crippen LogP contribution in [-0.4, -0.2) is 36.3 Å². The van der Waals surface area contributed by atoms with Gasteiger partial charge in [0.1, 0.15) is 0 Å². The van der Waals surface area contributed by atoms with Gasteiger partial charge in [0.05, 0.1) is 23.0 Å². The monoisotopic (exact) mass is 300 g/mol. The fraction of sp³-hybridized carbons (Fsp3) is 0.385. The summed E-state index contributed by atoms with van der Waals surface area (Å²) in [5.74, 6) is -0.185. The number of benzene rings is 1. The molecular weight excluding hydrogens is 287 g/mol. The van der Waals surface area contributed by atoms with E-state index in [-0.39, 0.29) is 24.8 Å². The molecule has 0 atom stereocenters. The number of hydrogen-bond donors (Lipinski definition) is 1. The lowest BCUT2D eigenvalue weighted by Crippen LogP contribution is -2.38. The minimum atomic E-state index is -0.111. The molecule has 0 spiro atoms. The molecule has 1 heterocycles. The van der Waals surface area contributed by atoms with Gasteiger partial charge in [0.25, 0.3) is 0 Å². The highest BCUT2D eigenvalue weighted by molar-refractivity contribution is 6.42. The third kappa shape index (κ3) is 3.85. The van der Waals surface area contributed by atoms with Crippen molar-refractivity contribution in [1.82, 2.24) is 10.2 Å². The zero-order valence-corrected chi connectivity index (χ0v) is 11.8. The van der Waals surface area contributed by atoms with Gasteiger partial charge in [0.15, 0.2) is 0 Å². The van der Waals surface area contributed by atoms with Crippen molar-refractivity contribution < 1.29 is 9.59 Å². The van der Waals surface area contributed by atoms with Gasteiger partial charge >= 0.3 is 0 Å². The normalized spacial score (nSPS) is 15.9. The Morgan fingerprint density at radius 3 is 2.84 bits per heavy atom. The number of carbonyl (C=O) groups excluding carboxylic acids is 2. The highest BCUT2D eigenvalue weighted by Gasteiger charge is 2.19. The van der Waals surface area contributed by atoms with Crippen LogP contribution in [0.1, 0.15) is 12.0 Å². The molecule has 1 aromatic carbocycles. The summed E-state index contributed by atoms with van der Waals surface area (Å²) in [5, 5.41) is 3.63. The van der Waals surface area contributed by atoms with E-state index in [0.29, 0.717) is 23.1 Å². The molecule has 0 aromatic heterocycles. The molecule has 1 aromatic rings. The Labute approximate surface area is 121 Å². The zero-order chi connectivity index (χ0) is 13.8. The fourth-order valence-electron chi connectivity index (χ4n) is 1.95. The maximum absolute atomic E-state index is 12.1. The average Bonchev–Trinajstić information content (AvgIpc) is 2.58. The Morgan fingerprint density at radius 1 is 1.32 bits per heavy atom. The summed E-state index contributed by atoms with van der Waals surface area (Å²) in [6.45, 7) is 1.34. The summed E-state index contributed by atoms with van der Waals surface area (Å²) >= 11 is 11.7. The van der Waals surface area contributed by atoms with Crippen molar-refractivity contribution >= 4 is 35.0 Å². The first kappa shape index (κ1) is 14.2. The molecule has 0 unspecified atom stereocenters. The van der Waals surface area contributed by atoms with Gasteiger partial charge in [-0.2, -0.15) is 0 Å². The van der Waals surface area contributed by atoms with E-state index >= 15 is 0 Å². The molecular formula is C13H14Cl2N2O2. The molecule has 6 heteroatoms. The van der Waals surface area contributed by atoms with Crippen molar-refractivity contribution in [3.63, 3.8) is 0 Å². The number of hydrogen-bond acceptors (Lipinski definition) is 2. The Hall–Kier alpha value is -1.26. The quantitative estimate of drug-likeness (QED) is 0.907.